The lowest BCUT2D eigenvalue weighted by Gasteiger charge is -2.12. The molecule has 158 valence electrons. The molecule has 30 heavy (non-hydrogen) atoms. The molecule has 0 unspecified atom stereocenters. The van der Waals surface area contributed by atoms with Gasteiger partial charge in [0.05, 0.1) is 16.9 Å². The first-order valence-corrected chi connectivity index (χ1v) is 11.9. The van der Waals surface area contributed by atoms with E-state index in [-0.39, 0.29) is 15.5 Å². The van der Waals surface area contributed by atoms with Crippen LogP contribution >= 0.6 is 0 Å². The third kappa shape index (κ3) is 4.92. The van der Waals surface area contributed by atoms with Crippen LogP contribution in [0.15, 0.2) is 76.5 Å². The van der Waals surface area contributed by atoms with Crippen LogP contribution in [0.3, 0.4) is 0 Å². The Bertz CT molecular complexity index is 1250. The molecule has 0 heterocycles. The lowest BCUT2D eigenvalue weighted by Crippen LogP contribution is -2.15. The third-order valence-electron chi connectivity index (χ3n) is 4.39. The highest BCUT2D eigenvalue weighted by molar-refractivity contribution is 7.93. The summed E-state index contributed by atoms with van der Waals surface area (Å²) in [6, 6.07) is 17.1. The van der Waals surface area contributed by atoms with E-state index in [9.17, 15) is 16.8 Å². The van der Waals surface area contributed by atoms with Gasteiger partial charge in [0.1, 0.15) is 5.75 Å². The molecule has 0 aliphatic heterocycles. The van der Waals surface area contributed by atoms with E-state index in [1.54, 1.807) is 43.3 Å². The fourth-order valence-electron chi connectivity index (χ4n) is 2.78. The van der Waals surface area contributed by atoms with Crippen LogP contribution in [0.5, 0.6) is 5.75 Å². The van der Waals surface area contributed by atoms with E-state index in [4.69, 9.17) is 4.74 Å². The van der Waals surface area contributed by atoms with E-state index in [1.807, 2.05) is 13.0 Å². The summed E-state index contributed by atoms with van der Waals surface area (Å²) in [7, 11) is -6.10. The Morgan fingerprint density at radius 1 is 0.700 bits per heavy atom. The Balaban J connectivity index is 1.79. The average molecular weight is 447 g/mol. The quantitative estimate of drug-likeness (QED) is 0.573. The number of hydrogen-bond donors (Lipinski definition) is 2. The topological polar surface area (TPSA) is 102 Å². The van der Waals surface area contributed by atoms with Crippen LogP contribution in [-0.4, -0.2) is 23.9 Å². The van der Waals surface area contributed by atoms with Crippen molar-refractivity contribution in [1.82, 2.24) is 0 Å². The highest BCUT2D eigenvalue weighted by Crippen LogP contribution is 2.23. The van der Waals surface area contributed by atoms with Gasteiger partial charge in [0.2, 0.25) is 0 Å². The number of anilines is 2. The molecule has 3 rings (SSSR count). The lowest BCUT2D eigenvalue weighted by molar-refractivity contribution is 0.415. The summed E-state index contributed by atoms with van der Waals surface area (Å²) in [5.41, 5.74) is 2.10. The number of hydrogen-bond acceptors (Lipinski definition) is 5. The van der Waals surface area contributed by atoms with Gasteiger partial charge in [0, 0.05) is 11.4 Å². The SMILES string of the molecule is COc1ccc(NS(=O)(=O)c2ccc(NS(=O)(=O)c3cc(C)ccc3C)cc2)cc1. The molecule has 3 aromatic carbocycles. The minimum atomic E-state index is -3.83. The van der Waals surface area contributed by atoms with E-state index in [0.29, 0.717) is 17.0 Å². The Hall–Kier alpha value is -3.04. The molecular formula is C21H22N2O5S2. The summed E-state index contributed by atoms with van der Waals surface area (Å²) in [6.45, 7) is 3.53. The van der Waals surface area contributed by atoms with E-state index < -0.39 is 20.0 Å². The monoisotopic (exact) mass is 446 g/mol. The molecule has 0 aliphatic carbocycles. The van der Waals surface area contributed by atoms with Gasteiger partial charge in [-0.1, -0.05) is 12.1 Å². The second-order valence-corrected chi connectivity index (χ2v) is 10.1. The Morgan fingerprint density at radius 3 is 1.80 bits per heavy atom. The van der Waals surface area contributed by atoms with Crippen molar-refractivity contribution in [2.24, 2.45) is 0 Å². The molecule has 3 aromatic rings. The highest BCUT2D eigenvalue weighted by Gasteiger charge is 2.18. The van der Waals surface area contributed by atoms with Crippen molar-refractivity contribution in [1.29, 1.82) is 0 Å². The summed E-state index contributed by atoms with van der Waals surface area (Å²) in [5, 5.41) is 0. The zero-order chi connectivity index (χ0) is 21.9. The van der Waals surface area contributed by atoms with Gasteiger partial charge in [-0.15, -0.1) is 0 Å². The van der Waals surface area contributed by atoms with Gasteiger partial charge in [-0.25, -0.2) is 16.8 Å². The van der Waals surface area contributed by atoms with Crippen molar-refractivity contribution in [3.63, 3.8) is 0 Å². The molecule has 0 atom stereocenters. The summed E-state index contributed by atoms with van der Waals surface area (Å²) in [4.78, 5) is 0.188. The normalized spacial score (nSPS) is 11.7. The van der Waals surface area contributed by atoms with Crippen LogP contribution in [0.1, 0.15) is 11.1 Å². The van der Waals surface area contributed by atoms with E-state index in [1.165, 1.54) is 31.4 Å². The molecule has 0 saturated heterocycles. The molecule has 0 radical (unpaired) electrons. The van der Waals surface area contributed by atoms with Crippen LogP contribution < -0.4 is 14.2 Å². The molecule has 0 amide bonds. The molecule has 0 spiro atoms. The van der Waals surface area contributed by atoms with Crippen molar-refractivity contribution in [2.45, 2.75) is 23.6 Å². The zero-order valence-electron chi connectivity index (χ0n) is 16.7. The average Bonchev–Trinajstić information content (AvgIpc) is 2.70. The van der Waals surface area contributed by atoms with Crippen LogP contribution in [0.2, 0.25) is 0 Å². The summed E-state index contributed by atoms with van der Waals surface area (Å²) < 4.78 is 60.6. The first-order chi connectivity index (χ1) is 14.1. The van der Waals surface area contributed by atoms with Gasteiger partial charge in [-0.05, 0) is 79.6 Å². The molecular weight excluding hydrogens is 424 g/mol. The van der Waals surface area contributed by atoms with Crippen LogP contribution in [0.25, 0.3) is 0 Å². The number of benzene rings is 3. The van der Waals surface area contributed by atoms with Gasteiger partial charge in [0.25, 0.3) is 20.0 Å². The van der Waals surface area contributed by atoms with Crippen molar-refractivity contribution in [3.8, 4) is 5.75 Å². The number of nitrogens with one attached hydrogen (secondary N) is 2. The predicted molar refractivity (Wildman–Crippen MR) is 117 cm³/mol. The molecule has 7 nitrogen and oxygen atoms in total. The minimum absolute atomic E-state index is 0.00741. The van der Waals surface area contributed by atoms with Gasteiger partial charge in [-0.2, -0.15) is 0 Å². The van der Waals surface area contributed by atoms with E-state index in [0.717, 1.165) is 5.56 Å². The van der Waals surface area contributed by atoms with Crippen molar-refractivity contribution in [3.05, 3.63) is 77.9 Å². The summed E-state index contributed by atoms with van der Waals surface area (Å²) >= 11 is 0. The van der Waals surface area contributed by atoms with E-state index in [2.05, 4.69) is 9.44 Å². The van der Waals surface area contributed by atoms with Crippen molar-refractivity contribution in [2.75, 3.05) is 16.6 Å². The maximum absolute atomic E-state index is 12.7. The molecule has 0 aliphatic rings. The van der Waals surface area contributed by atoms with Crippen LogP contribution in [-0.2, 0) is 20.0 Å². The lowest BCUT2D eigenvalue weighted by atomic mass is 10.2. The molecule has 0 saturated carbocycles. The first kappa shape index (κ1) is 21.7. The maximum atomic E-state index is 12.7. The van der Waals surface area contributed by atoms with E-state index >= 15 is 0 Å². The number of rotatable bonds is 7. The van der Waals surface area contributed by atoms with Gasteiger partial charge < -0.3 is 4.74 Å². The summed E-state index contributed by atoms with van der Waals surface area (Å²) in [6.07, 6.45) is 0. The minimum Gasteiger partial charge on any atom is -0.497 e. The van der Waals surface area contributed by atoms with Crippen LogP contribution in [0.4, 0.5) is 11.4 Å². The fraction of sp³-hybridized carbons (Fsp3) is 0.143. The Kier molecular flexibility index (Phi) is 6.04. The predicted octanol–water partition coefficient (Wildman–Crippen LogP) is 3.91. The van der Waals surface area contributed by atoms with Crippen molar-refractivity contribution >= 4 is 31.4 Å². The zero-order valence-corrected chi connectivity index (χ0v) is 18.3. The summed E-state index contributed by atoms with van der Waals surface area (Å²) in [5.74, 6) is 0.610. The number of sulfonamides is 2. The molecule has 2 N–H and O–H groups in total. The second-order valence-electron chi connectivity index (χ2n) is 6.73. The third-order valence-corrected chi connectivity index (χ3v) is 7.31. The number of methoxy groups -OCH3 is 1. The van der Waals surface area contributed by atoms with Gasteiger partial charge in [0.15, 0.2) is 0 Å². The van der Waals surface area contributed by atoms with Crippen molar-refractivity contribution < 1.29 is 21.6 Å². The van der Waals surface area contributed by atoms with Gasteiger partial charge >= 0.3 is 0 Å². The second kappa shape index (κ2) is 8.37. The maximum Gasteiger partial charge on any atom is 0.262 e. The highest BCUT2D eigenvalue weighted by atomic mass is 32.2. The fourth-order valence-corrected chi connectivity index (χ4v) is 5.23. The number of aryl methyl sites for hydroxylation is 2. The molecule has 0 aromatic heterocycles. The molecule has 0 bridgehead atoms. The first-order valence-electron chi connectivity index (χ1n) is 8.98. The Morgan fingerprint density at radius 2 is 1.23 bits per heavy atom. The number of ether oxygens (including phenoxy) is 1. The molecule has 0 fully saturated rings. The Labute approximate surface area is 176 Å². The standard InChI is InChI=1S/C21H22N2O5S2/c1-15-4-5-16(2)21(14-15)30(26,27)23-18-8-12-20(13-9-18)29(24,25)22-17-6-10-19(28-3)11-7-17/h4-14,22-23H,1-3H3. The largest absolute Gasteiger partial charge is 0.497 e. The van der Waals surface area contributed by atoms with Crippen LogP contribution in [0, 0.1) is 13.8 Å². The smallest absolute Gasteiger partial charge is 0.262 e. The molecule has 9 heteroatoms. The van der Waals surface area contributed by atoms with Gasteiger partial charge in [-0.3, -0.25) is 9.44 Å².